The van der Waals surface area contributed by atoms with Gasteiger partial charge in [-0.25, -0.2) is 4.79 Å². The second-order valence-corrected chi connectivity index (χ2v) is 8.50. The Morgan fingerprint density at radius 1 is 1.25 bits per heavy atom. The van der Waals surface area contributed by atoms with E-state index in [0.29, 0.717) is 18.7 Å². The number of likely N-dealkylation sites (N-methyl/N-ethyl adjacent to an activating group) is 1. The molecule has 1 heterocycles. The quantitative estimate of drug-likeness (QED) is 0.342. The number of carbonyl (C=O) groups excluding carboxylic acids is 4. The van der Waals surface area contributed by atoms with Gasteiger partial charge in [0.1, 0.15) is 29.1 Å². The van der Waals surface area contributed by atoms with Gasteiger partial charge in [0, 0.05) is 19.5 Å². The standard InChI is InChI=1S/C21H27IN4O6/c1-11-3-6-15(26-21(30)31-13-4-5-13)14(9-11)19(28)25-16(17(32-22)20(29)23-2)10-12-7-8-24-18(12)27/h3,6,9,12-13,16-17H,4-5,7-8,10H2,1-2H3,(H,23,29)(H,24,27)(H,25,28)(H,26,30)/t12-,16-,17?/m0/s1. The monoisotopic (exact) mass is 558 g/mol. The van der Waals surface area contributed by atoms with Gasteiger partial charge in [0.05, 0.1) is 17.3 Å². The Kier molecular flexibility index (Phi) is 8.29. The maximum atomic E-state index is 13.2. The van der Waals surface area contributed by atoms with Crippen molar-refractivity contribution in [2.45, 2.75) is 50.9 Å². The van der Waals surface area contributed by atoms with Crippen molar-refractivity contribution in [1.29, 1.82) is 0 Å². The SMILES string of the molecule is CNC(=O)C(OI)[C@H](C[C@@H]1CCNC1=O)NC(=O)c1cc(C)ccc1NC(=O)OC1CC1. The molecule has 0 bridgehead atoms. The highest BCUT2D eigenvalue weighted by Crippen LogP contribution is 2.26. The van der Waals surface area contributed by atoms with Gasteiger partial charge < -0.3 is 23.8 Å². The molecule has 2 fully saturated rings. The van der Waals surface area contributed by atoms with Gasteiger partial charge in [-0.05, 0) is 44.7 Å². The molecule has 1 saturated carbocycles. The van der Waals surface area contributed by atoms with E-state index in [9.17, 15) is 19.2 Å². The zero-order chi connectivity index (χ0) is 23.3. The molecule has 1 aromatic rings. The molecule has 4 N–H and O–H groups in total. The van der Waals surface area contributed by atoms with Crippen molar-refractivity contribution in [2.75, 3.05) is 18.9 Å². The van der Waals surface area contributed by atoms with Crippen molar-refractivity contribution < 1.29 is 27.0 Å². The lowest BCUT2D eigenvalue weighted by Crippen LogP contribution is -2.51. The first-order chi connectivity index (χ1) is 15.3. The summed E-state index contributed by atoms with van der Waals surface area (Å²) in [4.78, 5) is 49.8. The molecule has 174 valence electrons. The Morgan fingerprint density at radius 3 is 2.59 bits per heavy atom. The summed E-state index contributed by atoms with van der Waals surface area (Å²) in [6, 6.07) is 4.27. The largest absolute Gasteiger partial charge is 0.446 e. The van der Waals surface area contributed by atoms with Gasteiger partial charge in [0.25, 0.3) is 11.8 Å². The number of benzene rings is 1. The molecule has 0 spiro atoms. The number of hydrogen-bond donors (Lipinski definition) is 4. The number of nitrogens with one attached hydrogen (secondary N) is 4. The molecule has 1 aromatic carbocycles. The van der Waals surface area contributed by atoms with Crippen molar-refractivity contribution in [3.63, 3.8) is 0 Å². The molecule has 3 rings (SSSR count). The minimum Gasteiger partial charge on any atom is -0.446 e. The maximum absolute atomic E-state index is 13.2. The van der Waals surface area contributed by atoms with E-state index in [-0.39, 0.29) is 29.9 Å². The second-order valence-electron chi connectivity index (χ2n) is 7.99. The molecule has 4 amide bonds. The van der Waals surface area contributed by atoms with Crippen LogP contribution in [0.25, 0.3) is 0 Å². The van der Waals surface area contributed by atoms with Gasteiger partial charge in [0.15, 0.2) is 6.10 Å². The molecule has 32 heavy (non-hydrogen) atoms. The third kappa shape index (κ3) is 6.31. The third-order valence-corrected chi connectivity index (χ3v) is 5.99. The number of rotatable bonds is 9. The van der Waals surface area contributed by atoms with Crippen molar-refractivity contribution in [2.24, 2.45) is 5.92 Å². The Morgan fingerprint density at radius 2 is 2.00 bits per heavy atom. The van der Waals surface area contributed by atoms with Crippen LogP contribution in [-0.4, -0.2) is 55.7 Å². The highest BCUT2D eigenvalue weighted by Gasteiger charge is 2.36. The number of ether oxygens (including phenoxy) is 1. The smallest absolute Gasteiger partial charge is 0.411 e. The zero-order valence-electron chi connectivity index (χ0n) is 17.9. The van der Waals surface area contributed by atoms with Crippen LogP contribution in [0, 0.1) is 12.8 Å². The molecule has 1 saturated heterocycles. The fraction of sp³-hybridized carbons (Fsp3) is 0.524. The van der Waals surface area contributed by atoms with Crippen LogP contribution in [0.2, 0.25) is 0 Å². The van der Waals surface area contributed by atoms with Crippen molar-refractivity contribution in [3.05, 3.63) is 29.3 Å². The highest BCUT2D eigenvalue weighted by atomic mass is 127. The Bertz CT molecular complexity index is 891. The number of halogens is 1. The summed E-state index contributed by atoms with van der Waals surface area (Å²) in [5, 5.41) is 10.7. The van der Waals surface area contributed by atoms with E-state index in [2.05, 4.69) is 21.3 Å². The lowest BCUT2D eigenvalue weighted by Gasteiger charge is -2.27. The first-order valence-electron chi connectivity index (χ1n) is 10.5. The number of carbonyl (C=O) groups is 4. The van der Waals surface area contributed by atoms with E-state index in [1.807, 2.05) is 6.92 Å². The van der Waals surface area contributed by atoms with Crippen molar-refractivity contribution in [1.82, 2.24) is 16.0 Å². The minimum atomic E-state index is -1.00. The van der Waals surface area contributed by atoms with Crippen LogP contribution in [0.4, 0.5) is 10.5 Å². The van der Waals surface area contributed by atoms with E-state index >= 15 is 0 Å². The average molecular weight is 558 g/mol. The summed E-state index contributed by atoms with van der Waals surface area (Å²) in [7, 11) is 1.47. The van der Waals surface area contributed by atoms with Gasteiger partial charge in [0.2, 0.25) is 5.91 Å². The van der Waals surface area contributed by atoms with Crippen molar-refractivity contribution >= 4 is 52.5 Å². The van der Waals surface area contributed by atoms with Crippen LogP contribution in [0.5, 0.6) is 0 Å². The Hall–Kier alpha value is -2.41. The van der Waals surface area contributed by atoms with E-state index in [1.165, 1.54) is 7.05 Å². The maximum Gasteiger partial charge on any atom is 0.411 e. The van der Waals surface area contributed by atoms with E-state index in [4.69, 9.17) is 7.80 Å². The Labute approximate surface area is 200 Å². The second kappa shape index (κ2) is 10.9. The van der Waals surface area contributed by atoms with E-state index in [1.54, 1.807) is 41.2 Å². The van der Waals surface area contributed by atoms with Crippen LogP contribution < -0.4 is 21.3 Å². The van der Waals surface area contributed by atoms with Crippen LogP contribution in [-0.2, 0) is 17.4 Å². The number of amides is 4. The summed E-state index contributed by atoms with van der Waals surface area (Å²) in [5.74, 6) is -1.38. The molecule has 1 aliphatic heterocycles. The molecule has 3 atom stereocenters. The van der Waals surface area contributed by atoms with Crippen LogP contribution in [0.1, 0.15) is 41.6 Å². The normalized spacial score (nSPS) is 19.5. The first-order valence-corrected chi connectivity index (χ1v) is 11.4. The van der Waals surface area contributed by atoms with Crippen LogP contribution in [0.15, 0.2) is 18.2 Å². The van der Waals surface area contributed by atoms with Crippen LogP contribution in [0.3, 0.4) is 0 Å². The number of aryl methyl sites for hydroxylation is 1. The summed E-state index contributed by atoms with van der Waals surface area (Å²) in [6.07, 6.45) is 0.815. The number of anilines is 1. The zero-order valence-corrected chi connectivity index (χ0v) is 20.1. The van der Waals surface area contributed by atoms with Gasteiger partial charge in [-0.1, -0.05) is 11.6 Å². The Balaban J connectivity index is 1.80. The van der Waals surface area contributed by atoms with Gasteiger partial charge >= 0.3 is 6.09 Å². The molecule has 1 aliphatic carbocycles. The van der Waals surface area contributed by atoms with Crippen molar-refractivity contribution in [3.8, 4) is 0 Å². The average Bonchev–Trinajstić information content (AvgIpc) is 3.48. The lowest BCUT2D eigenvalue weighted by atomic mass is 9.94. The molecule has 0 radical (unpaired) electrons. The van der Waals surface area contributed by atoms with Crippen LogP contribution >= 0.6 is 23.0 Å². The minimum absolute atomic E-state index is 0.0752. The molecular formula is C21H27IN4O6. The molecule has 11 heteroatoms. The molecule has 1 unspecified atom stereocenters. The van der Waals surface area contributed by atoms with Gasteiger partial charge in [-0.3, -0.25) is 19.7 Å². The molecule has 0 aromatic heterocycles. The molecule has 10 nitrogen and oxygen atoms in total. The van der Waals surface area contributed by atoms with E-state index in [0.717, 1.165) is 18.4 Å². The fourth-order valence-electron chi connectivity index (χ4n) is 3.54. The lowest BCUT2D eigenvalue weighted by molar-refractivity contribution is -0.128. The number of hydrogen-bond acceptors (Lipinski definition) is 6. The third-order valence-electron chi connectivity index (χ3n) is 5.44. The van der Waals surface area contributed by atoms with Gasteiger partial charge in [-0.15, -0.1) is 0 Å². The molecule has 2 aliphatic rings. The predicted molar refractivity (Wildman–Crippen MR) is 124 cm³/mol. The topological polar surface area (TPSA) is 135 Å². The van der Waals surface area contributed by atoms with Gasteiger partial charge in [-0.2, -0.15) is 0 Å². The summed E-state index contributed by atoms with van der Waals surface area (Å²) in [5.41, 5.74) is 1.33. The summed E-state index contributed by atoms with van der Waals surface area (Å²) in [6.45, 7) is 2.37. The fourth-order valence-corrected chi connectivity index (χ4v) is 4.13. The first kappa shape index (κ1) is 24.2. The highest BCUT2D eigenvalue weighted by molar-refractivity contribution is 14.1. The summed E-state index contributed by atoms with van der Waals surface area (Å²) >= 11 is 1.62. The summed E-state index contributed by atoms with van der Waals surface area (Å²) < 4.78 is 10.6. The molecular weight excluding hydrogens is 531 g/mol. The predicted octanol–water partition coefficient (Wildman–Crippen LogP) is 1.81. The van der Waals surface area contributed by atoms with E-state index < -0.39 is 30.1 Å².